The topological polar surface area (TPSA) is 18.5 Å². The van der Waals surface area contributed by atoms with Gasteiger partial charge in [-0.2, -0.15) is 0 Å². The Bertz CT molecular complexity index is 279. The number of hydrogen-bond donors (Lipinski definition) is 0. The normalized spacial score (nSPS) is 9.17. The van der Waals surface area contributed by atoms with E-state index in [1.807, 2.05) is 25.1 Å². The standard InChI is InChI=1S/C10H12O2/c1-4-12-10-6-5-9(11-3)7-8(10)2/h4-7H,1H2,2-3H3. The molecule has 0 atom stereocenters. The van der Waals surface area contributed by atoms with Crippen molar-refractivity contribution in [1.82, 2.24) is 0 Å². The van der Waals surface area contributed by atoms with Crippen molar-refractivity contribution >= 4 is 0 Å². The van der Waals surface area contributed by atoms with Gasteiger partial charge in [0.1, 0.15) is 11.5 Å². The third-order valence-electron chi connectivity index (χ3n) is 1.59. The van der Waals surface area contributed by atoms with Crippen LogP contribution in [0.4, 0.5) is 0 Å². The third-order valence-corrected chi connectivity index (χ3v) is 1.59. The molecule has 2 heteroatoms. The second-order valence-electron chi connectivity index (χ2n) is 2.42. The van der Waals surface area contributed by atoms with Gasteiger partial charge in [0.15, 0.2) is 0 Å². The van der Waals surface area contributed by atoms with Crippen molar-refractivity contribution in [3.63, 3.8) is 0 Å². The quantitative estimate of drug-likeness (QED) is 0.639. The van der Waals surface area contributed by atoms with Crippen LogP contribution in [0.5, 0.6) is 11.5 Å². The van der Waals surface area contributed by atoms with E-state index in [2.05, 4.69) is 6.58 Å². The van der Waals surface area contributed by atoms with Gasteiger partial charge in [-0.3, -0.25) is 0 Å². The minimum Gasteiger partial charge on any atom is -0.497 e. The lowest BCUT2D eigenvalue weighted by Gasteiger charge is -2.05. The van der Waals surface area contributed by atoms with Crippen LogP contribution < -0.4 is 9.47 Å². The first-order valence-electron chi connectivity index (χ1n) is 3.70. The zero-order valence-electron chi connectivity index (χ0n) is 7.33. The van der Waals surface area contributed by atoms with Gasteiger partial charge in [-0.05, 0) is 30.7 Å². The van der Waals surface area contributed by atoms with Crippen LogP contribution in [0.25, 0.3) is 0 Å². The van der Waals surface area contributed by atoms with Crippen molar-refractivity contribution in [3.05, 3.63) is 36.6 Å². The van der Waals surface area contributed by atoms with E-state index in [4.69, 9.17) is 9.47 Å². The molecule has 0 fully saturated rings. The Balaban J connectivity index is 2.94. The van der Waals surface area contributed by atoms with Gasteiger partial charge in [-0.25, -0.2) is 0 Å². The average Bonchev–Trinajstić information content (AvgIpc) is 2.09. The van der Waals surface area contributed by atoms with Gasteiger partial charge in [-0.15, -0.1) is 0 Å². The van der Waals surface area contributed by atoms with Crippen molar-refractivity contribution in [2.45, 2.75) is 6.92 Å². The maximum Gasteiger partial charge on any atom is 0.129 e. The van der Waals surface area contributed by atoms with Gasteiger partial charge in [-0.1, -0.05) is 6.58 Å². The summed E-state index contributed by atoms with van der Waals surface area (Å²) in [5.74, 6) is 1.65. The first-order chi connectivity index (χ1) is 5.77. The van der Waals surface area contributed by atoms with Crippen LogP contribution in [0.15, 0.2) is 31.0 Å². The van der Waals surface area contributed by atoms with Gasteiger partial charge in [0, 0.05) is 0 Å². The number of benzene rings is 1. The Labute approximate surface area is 72.4 Å². The SMILES string of the molecule is C=COc1ccc(OC)cc1C. The molecule has 0 amide bonds. The molecule has 0 bridgehead atoms. The largest absolute Gasteiger partial charge is 0.497 e. The van der Waals surface area contributed by atoms with Gasteiger partial charge >= 0.3 is 0 Å². The summed E-state index contributed by atoms with van der Waals surface area (Å²) in [6, 6.07) is 5.63. The predicted octanol–water partition coefficient (Wildman–Crippen LogP) is 2.53. The minimum absolute atomic E-state index is 0.811. The summed E-state index contributed by atoms with van der Waals surface area (Å²) in [6.07, 6.45) is 1.41. The predicted molar refractivity (Wildman–Crippen MR) is 48.6 cm³/mol. The number of methoxy groups -OCH3 is 1. The number of rotatable bonds is 3. The molecule has 12 heavy (non-hydrogen) atoms. The zero-order valence-corrected chi connectivity index (χ0v) is 7.33. The highest BCUT2D eigenvalue weighted by molar-refractivity contribution is 5.39. The fourth-order valence-electron chi connectivity index (χ4n) is 0.971. The van der Waals surface area contributed by atoms with Crippen molar-refractivity contribution in [2.24, 2.45) is 0 Å². The lowest BCUT2D eigenvalue weighted by molar-refractivity contribution is 0.412. The highest BCUT2D eigenvalue weighted by atomic mass is 16.5. The smallest absolute Gasteiger partial charge is 0.129 e. The van der Waals surface area contributed by atoms with Crippen molar-refractivity contribution in [3.8, 4) is 11.5 Å². The van der Waals surface area contributed by atoms with Crippen LogP contribution in [-0.4, -0.2) is 7.11 Å². The molecule has 0 aliphatic heterocycles. The Morgan fingerprint density at radius 3 is 2.67 bits per heavy atom. The average molecular weight is 164 g/mol. The lowest BCUT2D eigenvalue weighted by atomic mass is 10.2. The molecule has 0 spiro atoms. The molecule has 0 aliphatic rings. The molecule has 0 radical (unpaired) electrons. The van der Waals surface area contributed by atoms with Gasteiger partial charge < -0.3 is 9.47 Å². The van der Waals surface area contributed by atoms with Gasteiger partial charge in [0.25, 0.3) is 0 Å². The molecule has 64 valence electrons. The summed E-state index contributed by atoms with van der Waals surface area (Å²) in [4.78, 5) is 0. The maximum atomic E-state index is 5.14. The van der Waals surface area contributed by atoms with E-state index >= 15 is 0 Å². The first kappa shape index (κ1) is 8.65. The van der Waals surface area contributed by atoms with E-state index in [1.54, 1.807) is 7.11 Å². The highest BCUT2D eigenvalue weighted by Crippen LogP contribution is 2.22. The lowest BCUT2D eigenvalue weighted by Crippen LogP contribution is -1.87. The van der Waals surface area contributed by atoms with E-state index in [9.17, 15) is 0 Å². The maximum absolute atomic E-state index is 5.14. The zero-order chi connectivity index (χ0) is 8.97. The van der Waals surface area contributed by atoms with Gasteiger partial charge in [0.2, 0.25) is 0 Å². The molecular weight excluding hydrogens is 152 g/mol. The molecular formula is C10H12O2. The van der Waals surface area contributed by atoms with Crippen LogP contribution in [0.2, 0.25) is 0 Å². The summed E-state index contributed by atoms with van der Waals surface area (Å²) in [5.41, 5.74) is 1.04. The summed E-state index contributed by atoms with van der Waals surface area (Å²) in [7, 11) is 1.64. The Hall–Kier alpha value is -1.44. The molecule has 0 heterocycles. The second-order valence-corrected chi connectivity index (χ2v) is 2.42. The minimum atomic E-state index is 0.811. The van der Waals surface area contributed by atoms with Gasteiger partial charge in [0.05, 0.1) is 13.4 Å². The third kappa shape index (κ3) is 1.78. The molecule has 1 rings (SSSR count). The summed E-state index contributed by atoms with van der Waals surface area (Å²) >= 11 is 0. The summed E-state index contributed by atoms with van der Waals surface area (Å²) in [5, 5.41) is 0. The van der Waals surface area contributed by atoms with Crippen LogP contribution in [0.3, 0.4) is 0 Å². The first-order valence-corrected chi connectivity index (χ1v) is 3.70. The van der Waals surface area contributed by atoms with Crippen LogP contribution in [0.1, 0.15) is 5.56 Å². The molecule has 0 saturated heterocycles. The van der Waals surface area contributed by atoms with E-state index in [0.717, 1.165) is 17.1 Å². The Kier molecular flexibility index (Phi) is 2.75. The number of hydrogen-bond acceptors (Lipinski definition) is 2. The fourth-order valence-corrected chi connectivity index (χ4v) is 0.971. The van der Waals surface area contributed by atoms with E-state index < -0.39 is 0 Å². The second kappa shape index (κ2) is 3.81. The monoisotopic (exact) mass is 164 g/mol. The van der Waals surface area contributed by atoms with Crippen molar-refractivity contribution < 1.29 is 9.47 Å². The van der Waals surface area contributed by atoms with Crippen LogP contribution >= 0.6 is 0 Å². The molecule has 1 aromatic rings. The molecule has 0 unspecified atom stereocenters. The molecule has 0 aromatic heterocycles. The number of aryl methyl sites for hydroxylation is 1. The van der Waals surface area contributed by atoms with Crippen molar-refractivity contribution in [2.75, 3.05) is 7.11 Å². The van der Waals surface area contributed by atoms with Crippen LogP contribution in [0, 0.1) is 6.92 Å². The Morgan fingerprint density at radius 2 is 2.17 bits per heavy atom. The van der Waals surface area contributed by atoms with E-state index in [1.165, 1.54) is 6.26 Å². The summed E-state index contributed by atoms with van der Waals surface area (Å²) < 4.78 is 10.2. The molecule has 0 saturated carbocycles. The molecule has 2 nitrogen and oxygen atoms in total. The Morgan fingerprint density at radius 1 is 1.42 bits per heavy atom. The molecule has 1 aromatic carbocycles. The highest BCUT2D eigenvalue weighted by Gasteiger charge is 1.98. The van der Waals surface area contributed by atoms with Crippen molar-refractivity contribution in [1.29, 1.82) is 0 Å². The van der Waals surface area contributed by atoms with E-state index in [-0.39, 0.29) is 0 Å². The number of ether oxygens (including phenoxy) is 2. The fraction of sp³-hybridized carbons (Fsp3) is 0.200. The molecule has 0 aliphatic carbocycles. The van der Waals surface area contributed by atoms with E-state index in [0.29, 0.717) is 0 Å². The summed E-state index contributed by atoms with van der Waals surface area (Å²) in [6.45, 7) is 5.45. The molecule has 0 N–H and O–H groups in total. The van der Waals surface area contributed by atoms with Crippen LogP contribution in [-0.2, 0) is 0 Å².